The molecule has 0 aliphatic carbocycles. The van der Waals surface area contributed by atoms with E-state index in [1.165, 1.54) is 17.2 Å². The van der Waals surface area contributed by atoms with Gasteiger partial charge in [0, 0.05) is 50.4 Å². The van der Waals surface area contributed by atoms with Crippen molar-refractivity contribution in [1.82, 2.24) is 25.0 Å². The molecule has 0 spiro atoms. The van der Waals surface area contributed by atoms with Crippen LogP contribution in [-0.2, 0) is 22.9 Å². The van der Waals surface area contributed by atoms with Crippen molar-refractivity contribution in [3.63, 3.8) is 0 Å². The molecular weight excluding hydrogens is 650 g/mol. The van der Waals surface area contributed by atoms with Gasteiger partial charge in [-0.25, -0.2) is 17.6 Å². The maximum Gasteiger partial charge on any atom is 0.317 e. The number of carbonyl (C=O) groups is 1. The quantitative estimate of drug-likeness (QED) is 0.174. The predicted octanol–water partition coefficient (Wildman–Crippen LogP) is 6.86. The molecule has 2 amide bonds. The van der Waals surface area contributed by atoms with Crippen molar-refractivity contribution in [1.29, 1.82) is 0 Å². The molecule has 0 saturated carbocycles. The number of hydrogen-bond donors (Lipinski definition) is 1. The van der Waals surface area contributed by atoms with Crippen molar-refractivity contribution in [2.24, 2.45) is 5.92 Å². The smallest absolute Gasteiger partial charge is 0.317 e. The van der Waals surface area contributed by atoms with E-state index < -0.39 is 9.84 Å². The fourth-order valence-corrected chi connectivity index (χ4v) is 8.43. The van der Waals surface area contributed by atoms with Gasteiger partial charge in [0.05, 0.1) is 16.1 Å². The SMILES string of the molecule is CCN(C(=O)NCc1ccc(S(C)(=O)=O)cc1)C1CCN(CCC(c2ccc(F)cc2)C2CCN(Cc3ccc4ccccc4n3)CC2)CC1. The summed E-state index contributed by atoms with van der Waals surface area (Å²) in [7, 11) is -3.25. The summed E-state index contributed by atoms with van der Waals surface area (Å²) >= 11 is 0. The van der Waals surface area contributed by atoms with Crippen molar-refractivity contribution < 1.29 is 17.6 Å². The number of sulfone groups is 1. The number of hydrogen-bond acceptors (Lipinski definition) is 6. The number of pyridine rings is 1. The van der Waals surface area contributed by atoms with Crippen LogP contribution in [0.5, 0.6) is 0 Å². The zero-order chi connectivity index (χ0) is 35.1. The van der Waals surface area contributed by atoms with Crippen molar-refractivity contribution in [2.45, 2.75) is 69.0 Å². The Bertz CT molecular complexity index is 1820. The van der Waals surface area contributed by atoms with Crippen LogP contribution in [0.4, 0.5) is 9.18 Å². The van der Waals surface area contributed by atoms with Gasteiger partial charge in [0.1, 0.15) is 5.82 Å². The van der Waals surface area contributed by atoms with Crippen LogP contribution in [0.2, 0.25) is 0 Å². The fraction of sp³-hybridized carbons (Fsp3) is 0.450. The standard InChI is InChI=1S/C40H50FN5O3S/c1-3-46(40(47)42-28-30-8-16-37(17-9-30)50(2,48)49)36-20-25-44(26-21-36)27-22-38(31-10-13-34(41)14-11-31)32-18-23-45(24-19-32)29-35-15-12-33-6-4-5-7-39(33)43-35/h4-17,32,36,38H,3,18-29H2,1-2H3,(H,42,47). The van der Waals surface area contributed by atoms with E-state index in [1.807, 2.05) is 36.1 Å². The second-order valence-electron chi connectivity index (χ2n) is 14.0. The van der Waals surface area contributed by atoms with Gasteiger partial charge in [-0.2, -0.15) is 0 Å². The molecule has 6 rings (SSSR count). The van der Waals surface area contributed by atoms with E-state index in [0.717, 1.165) is 88.1 Å². The largest absolute Gasteiger partial charge is 0.334 e. The van der Waals surface area contributed by atoms with Gasteiger partial charge in [0.15, 0.2) is 9.84 Å². The third-order valence-electron chi connectivity index (χ3n) is 10.7. The average Bonchev–Trinajstić information content (AvgIpc) is 3.13. The second kappa shape index (κ2) is 16.4. The Balaban J connectivity index is 0.994. The lowest BCUT2D eigenvalue weighted by Gasteiger charge is -2.40. The molecule has 2 saturated heterocycles. The van der Waals surface area contributed by atoms with E-state index in [1.54, 1.807) is 36.4 Å². The normalized spacial score (nSPS) is 17.5. The van der Waals surface area contributed by atoms with Gasteiger partial charge in [-0.05, 0) is 118 Å². The number of halogens is 1. The minimum absolute atomic E-state index is 0.0859. The van der Waals surface area contributed by atoms with Crippen LogP contribution in [0.15, 0.2) is 89.8 Å². The monoisotopic (exact) mass is 699 g/mol. The number of urea groups is 1. The van der Waals surface area contributed by atoms with Gasteiger partial charge in [-0.3, -0.25) is 9.88 Å². The minimum atomic E-state index is -3.25. The molecule has 1 atom stereocenters. The first-order chi connectivity index (χ1) is 24.2. The first-order valence-corrected chi connectivity index (χ1v) is 19.9. The lowest BCUT2D eigenvalue weighted by Crippen LogP contribution is -2.50. The molecular formula is C40H50FN5O3S. The molecule has 50 heavy (non-hydrogen) atoms. The Morgan fingerprint density at radius 3 is 2.26 bits per heavy atom. The van der Waals surface area contributed by atoms with Crippen molar-refractivity contribution >= 4 is 26.8 Å². The molecule has 266 valence electrons. The molecule has 1 N–H and O–H groups in total. The summed E-state index contributed by atoms with van der Waals surface area (Å²) in [6, 6.07) is 26.5. The lowest BCUT2D eigenvalue weighted by molar-refractivity contribution is 0.115. The molecule has 3 heterocycles. The maximum atomic E-state index is 13.9. The molecule has 2 aliphatic rings. The Labute approximate surface area is 296 Å². The van der Waals surface area contributed by atoms with Crippen molar-refractivity contribution in [3.8, 4) is 0 Å². The van der Waals surface area contributed by atoms with Gasteiger partial charge < -0.3 is 15.1 Å². The van der Waals surface area contributed by atoms with Crippen molar-refractivity contribution in [2.75, 3.05) is 45.5 Å². The van der Waals surface area contributed by atoms with E-state index >= 15 is 0 Å². The number of fused-ring (bicyclic) bond motifs is 1. The molecule has 0 radical (unpaired) electrons. The summed E-state index contributed by atoms with van der Waals surface area (Å²) in [6.07, 6.45) is 6.29. The molecule has 3 aromatic carbocycles. The van der Waals surface area contributed by atoms with Crippen molar-refractivity contribution in [3.05, 3.63) is 108 Å². The number of aromatic nitrogens is 1. The van der Waals surface area contributed by atoms with Gasteiger partial charge in [-0.1, -0.05) is 48.5 Å². The van der Waals surface area contributed by atoms with E-state index in [2.05, 4.69) is 39.4 Å². The summed E-state index contributed by atoms with van der Waals surface area (Å²) in [5, 5.41) is 4.20. The molecule has 1 unspecified atom stereocenters. The highest BCUT2D eigenvalue weighted by atomic mass is 32.2. The lowest BCUT2D eigenvalue weighted by atomic mass is 9.78. The topological polar surface area (TPSA) is 85.8 Å². The summed E-state index contributed by atoms with van der Waals surface area (Å²) in [5.74, 6) is 0.723. The van der Waals surface area contributed by atoms with Gasteiger partial charge in [-0.15, -0.1) is 0 Å². The molecule has 2 fully saturated rings. The third-order valence-corrected chi connectivity index (χ3v) is 11.8. The van der Waals surface area contributed by atoms with E-state index in [4.69, 9.17) is 4.98 Å². The number of nitrogens with one attached hydrogen (secondary N) is 1. The van der Waals surface area contributed by atoms with E-state index in [0.29, 0.717) is 24.9 Å². The average molecular weight is 700 g/mol. The number of nitrogens with zero attached hydrogens (tertiary/aromatic N) is 4. The summed E-state index contributed by atoms with van der Waals surface area (Å²) < 4.78 is 37.4. The van der Waals surface area contributed by atoms with Crippen LogP contribution in [0.1, 0.15) is 61.8 Å². The number of para-hydroxylation sites is 1. The highest BCUT2D eigenvalue weighted by Gasteiger charge is 2.31. The van der Waals surface area contributed by atoms with Gasteiger partial charge in [0.25, 0.3) is 0 Å². The molecule has 8 nitrogen and oxygen atoms in total. The number of likely N-dealkylation sites (tertiary alicyclic amines) is 2. The van der Waals surface area contributed by atoms with Crippen LogP contribution in [0, 0.1) is 11.7 Å². The number of benzene rings is 3. The van der Waals surface area contributed by atoms with E-state index in [9.17, 15) is 17.6 Å². The number of carbonyl (C=O) groups excluding carboxylic acids is 1. The molecule has 2 aliphatic heterocycles. The Morgan fingerprint density at radius 1 is 0.900 bits per heavy atom. The first kappa shape index (κ1) is 35.9. The Hall–Kier alpha value is -3.86. The van der Waals surface area contributed by atoms with Crippen LogP contribution >= 0.6 is 0 Å². The van der Waals surface area contributed by atoms with Crippen LogP contribution in [0.25, 0.3) is 10.9 Å². The minimum Gasteiger partial charge on any atom is -0.334 e. The van der Waals surface area contributed by atoms with Gasteiger partial charge in [0.2, 0.25) is 0 Å². The molecule has 10 heteroatoms. The number of rotatable bonds is 12. The highest BCUT2D eigenvalue weighted by molar-refractivity contribution is 7.90. The summed E-state index contributed by atoms with van der Waals surface area (Å²) in [5.41, 5.74) is 4.25. The predicted molar refractivity (Wildman–Crippen MR) is 197 cm³/mol. The molecule has 0 bridgehead atoms. The summed E-state index contributed by atoms with van der Waals surface area (Å²) in [6.45, 7) is 8.78. The first-order valence-electron chi connectivity index (χ1n) is 18.0. The zero-order valence-corrected chi connectivity index (χ0v) is 30.1. The van der Waals surface area contributed by atoms with Gasteiger partial charge >= 0.3 is 6.03 Å². The fourth-order valence-electron chi connectivity index (χ4n) is 7.80. The zero-order valence-electron chi connectivity index (χ0n) is 29.3. The highest BCUT2D eigenvalue weighted by Crippen LogP contribution is 2.36. The van der Waals surface area contributed by atoms with Crippen LogP contribution in [0.3, 0.4) is 0 Å². The summed E-state index contributed by atoms with van der Waals surface area (Å²) in [4.78, 5) is 25.3. The Kier molecular flexibility index (Phi) is 11.8. The third kappa shape index (κ3) is 9.27. The second-order valence-corrected chi connectivity index (χ2v) is 16.0. The molecule has 4 aromatic rings. The van der Waals surface area contributed by atoms with Crippen LogP contribution < -0.4 is 5.32 Å². The number of piperidine rings is 2. The van der Waals surface area contributed by atoms with E-state index in [-0.39, 0.29) is 22.8 Å². The molecule has 1 aromatic heterocycles. The maximum absolute atomic E-state index is 13.9. The van der Waals surface area contributed by atoms with Crippen LogP contribution in [-0.4, -0.2) is 85.7 Å². The number of amides is 2. The Morgan fingerprint density at radius 2 is 1.58 bits per heavy atom.